The lowest BCUT2D eigenvalue weighted by Gasteiger charge is -1.98. The molecule has 0 aliphatic heterocycles. The van der Waals surface area contributed by atoms with Crippen LogP contribution >= 0.6 is 0 Å². The summed E-state index contributed by atoms with van der Waals surface area (Å²) in [5.74, 6) is 1.97. The van der Waals surface area contributed by atoms with Crippen LogP contribution in [0.15, 0.2) is 12.1 Å². The topological polar surface area (TPSA) is 89.7 Å². The molecule has 0 heterocycles. The summed E-state index contributed by atoms with van der Waals surface area (Å²) in [6, 6.07) is 1.76. The number of carbonyl (C=O) groups excluding carboxylic acids is 1. The van der Waals surface area contributed by atoms with E-state index < -0.39 is 28.1 Å². The van der Waals surface area contributed by atoms with Gasteiger partial charge in [-0.05, 0) is 6.07 Å². The van der Waals surface area contributed by atoms with Crippen LogP contribution in [0.4, 0.5) is 10.1 Å². The molecule has 1 aromatic carbocycles. The summed E-state index contributed by atoms with van der Waals surface area (Å²) in [6.07, 6.45) is -0.215. The van der Waals surface area contributed by atoms with Gasteiger partial charge in [0.2, 0.25) is 5.75 Å². The van der Waals surface area contributed by atoms with Gasteiger partial charge in [0.1, 0.15) is 6.42 Å². The molecule has 1 aromatic rings. The number of methoxy groups -OCH3 is 1. The van der Waals surface area contributed by atoms with E-state index in [2.05, 4.69) is 16.6 Å². The van der Waals surface area contributed by atoms with Crippen LogP contribution in [-0.2, 0) is 9.53 Å². The van der Waals surface area contributed by atoms with E-state index in [1.54, 1.807) is 0 Å². The van der Waals surface area contributed by atoms with Gasteiger partial charge >= 0.3 is 11.7 Å². The lowest BCUT2D eigenvalue weighted by Crippen LogP contribution is -1.97. The van der Waals surface area contributed by atoms with E-state index in [1.165, 1.54) is 7.11 Å². The number of aromatic hydroxyl groups is 1. The summed E-state index contributed by atoms with van der Waals surface area (Å²) in [5, 5.41) is 19.6. The molecule has 0 bridgehead atoms. The Morgan fingerprint density at radius 3 is 2.83 bits per heavy atom. The van der Waals surface area contributed by atoms with E-state index in [0.717, 1.165) is 12.1 Å². The number of benzene rings is 1. The average Bonchev–Trinajstić information content (AvgIpc) is 2.32. The molecule has 0 radical (unpaired) electrons. The molecule has 0 amide bonds. The Morgan fingerprint density at radius 1 is 1.61 bits per heavy atom. The lowest BCUT2D eigenvalue weighted by molar-refractivity contribution is -0.386. The maximum Gasteiger partial charge on any atom is 0.317 e. The van der Waals surface area contributed by atoms with Gasteiger partial charge in [-0.3, -0.25) is 14.9 Å². The first-order chi connectivity index (χ1) is 8.45. The van der Waals surface area contributed by atoms with Gasteiger partial charge in [0.25, 0.3) is 0 Å². The Hall–Kier alpha value is -2.62. The van der Waals surface area contributed by atoms with Crippen molar-refractivity contribution in [1.82, 2.24) is 0 Å². The Labute approximate surface area is 101 Å². The second-order valence-corrected chi connectivity index (χ2v) is 3.14. The molecule has 1 rings (SSSR count). The predicted molar refractivity (Wildman–Crippen MR) is 58.2 cm³/mol. The molecule has 0 unspecified atom stereocenters. The van der Waals surface area contributed by atoms with Gasteiger partial charge < -0.3 is 9.84 Å². The van der Waals surface area contributed by atoms with Gasteiger partial charge in [-0.2, -0.15) is 0 Å². The summed E-state index contributed by atoms with van der Waals surface area (Å²) < 4.78 is 17.5. The van der Waals surface area contributed by atoms with Crippen molar-refractivity contribution in [3.8, 4) is 17.6 Å². The molecule has 0 aliphatic rings. The zero-order valence-corrected chi connectivity index (χ0v) is 9.27. The van der Waals surface area contributed by atoms with E-state index >= 15 is 0 Å². The highest BCUT2D eigenvalue weighted by Gasteiger charge is 2.18. The third-order valence-corrected chi connectivity index (χ3v) is 1.93. The van der Waals surface area contributed by atoms with Gasteiger partial charge in [0.05, 0.1) is 12.0 Å². The van der Waals surface area contributed by atoms with Crippen LogP contribution in [0.2, 0.25) is 0 Å². The van der Waals surface area contributed by atoms with E-state index in [0.29, 0.717) is 0 Å². The quantitative estimate of drug-likeness (QED) is 0.372. The third kappa shape index (κ3) is 3.18. The molecular formula is C11H8FNO5. The van der Waals surface area contributed by atoms with Crippen LogP contribution in [0.5, 0.6) is 5.75 Å². The van der Waals surface area contributed by atoms with E-state index in [4.69, 9.17) is 5.11 Å². The Kier molecular flexibility index (Phi) is 4.21. The molecular weight excluding hydrogens is 245 g/mol. The maximum absolute atomic E-state index is 13.1. The standard InChI is InChI=1S/C11H8FNO5/c1-18-10(14)4-2-3-7-5-8(12)11(15)9(6-7)13(16)17/h5-6,15H,4H2,1H3. The van der Waals surface area contributed by atoms with Crippen LogP contribution in [0.1, 0.15) is 12.0 Å². The highest BCUT2D eigenvalue weighted by molar-refractivity contribution is 5.72. The molecule has 6 nitrogen and oxygen atoms in total. The van der Waals surface area contributed by atoms with Gasteiger partial charge in [-0.1, -0.05) is 11.8 Å². The molecule has 0 saturated heterocycles. The Bertz CT molecular complexity index is 559. The minimum atomic E-state index is -1.15. The van der Waals surface area contributed by atoms with Crippen LogP contribution in [0, 0.1) is 27.8 Å². The molecule has 0 aromatic heterocycles. The summed E-state index contributed by atoms with van der Waals surface area (Å²) in [5.41, 5.74) is -0.793. The number of nitro groups is 1. The van der Waals surface area contributed by atoms with Gasteiger partial charge in [0, 0.05) is 11.6 Å². The van der Waals surface area contributed by atoms with Gasteiger partial charge in [0.15, 0.2) is 5.82 Å². The third-order valence-electron chi connectivity index (χ3n) is 1.93. The number of nitrogens with zero attached hydrogens (tertiary/aromatic N) is 1. The molecule has 7 heteroatoms. The van der Waals surface area contributed by atoms with Crippen molar-refractivity contribution < 1.29 is 24.0 Å². The molecule has 0 fully saturated rings. The van der Waals surface area contributed by atoms with E-state index in [9.17, 15) is 19.3 Å². The summed E-state index contributed by atoms with van der Waals surface area (Å²) in [7, 11) is 1.19. The SMILES string of the molecule is COC(=O)CC#Cc1cc(F)c(O)c([N+](=O)[O-])c1. The fraction of sp³-hybridized carbons (Fsp3) is 0.182. The molecule has 0 saturated carbocycles. The van der Waals surface area contributed by atoms with Crippen molar-refractivity contribution in [2.24, 2.45) is 0 Å². The second-order valence-electron chi connectivity index (χ2n) is 3.14. The first-order valence-corrected chi connectivity index (χ1v) is 4.68. The van der Waals surface area contributed by atoms with Crippen molar-refractivity contribution in [3.63, 3.8) is 0 Å². The molecule has 1 N–H and O–H groups in total. The van der Waals surface area contributed by atoms with Gasteiger partial charge in [-0.25, -0.2) is 4.39 Å². The molecule has 18 heavy (non-hydrogen) atoms. The van der Waals surface area contributed by atoms with Gasteiger partial charge in [-0.15, -0.1) is 0 Å². The number of ether oxygens (including phenoxy) is 1. The predicted octanol–water partition coefficient (Wildman–Crippen LogP) is 1.35. The lowest BCUT2D eigenvalue weighted by atomic mass is 10.2. The number of phenolic OH excluding ortho intramolecular Hbond substituents is 1. The van der Waals surface area contributed by atoms with Crippen LogP contribution in [-0.4, -0.2) is 23.1 Å². The monoisotopic (exact) mass is 253 g/mol. The molecule has 94 valence electrons. The molecule has 0 atom stereocenters. The summed E-state index contributed by atoms with van der Waals surface area (Å²) in [6.45, 7) is 0. The van der Waals surface area contributed by atoms with Crippen molar-refractivity contribution >= 4 is 11.7 Å². The van der Waals surface area contributed by atoms with Crippen molar-refractivity contribution in [2.45, 2.75) is 6.42 Å². The number of carbonyl (C=O) groups is 1. The smallest absolute Gasteiger partial charge is 0.317 e. The largest absolute Gasteiger partial charge is 0.500 e. The number of halogens is 1. The fourth-order valence-electron chi connectivity index (χ4n) is 1.09. The van der Waals surface area contributed by atoms with E-state index in [1.807, 2.05) is 0 Å². The number of esters is 1. The van der Waals surface area contributed by atoms with Crippen molar-refractivity contribution in [3.05, 3.63) is 33.6 Å². The van der Waals surface area contributed by atoms with E-state index in [-0.39, 0.29) is 12.0 Å². The normalized spacial score (nSPS) is 9.22. The minimum Gasteiger partial charge on any atom is -0.500 e. The first-order valence-electron chi connectivity index (χ1n) is 4.68. The molecule has 0 spiro atoms. The Balaban J connectivity index is 3.04. The van der Waals surface area contributed by atoms with Crippen LogP contribution < -0.4 is 0 Å². The highest BCUT2D eigenvalue weighted by atomic mass is 19.1. The molecule has 0 aliphatic carbocycles. The number of rotatable bonds is 2. The number of hydrogen-bond donors (Lipinski definition) is 1. The highest BCUT2D eigenvalue weighted by Crippen LogP contribution is 2.29. The number of nitro benzene ring substituents is 1. The number of phenols is 1. The summed E-state index contributed by atoms with van der Waals surface area (Å²) in [4.78, 5) is 20.3. The number of hydrogen-bond acceptors (Lipinski definition) is 5. The summed E-state index contributed by atoms with van der Waals surface area (Å²) >= 11 is 0. The van der Waals surface area contributed by atoms with Crippen molar-refractivity contribution in [1.29, 1.82) is 0 Å². The van der Waals surface area contributed by atoms with Crippen LogP contribution in [0.3, 0.4) is 0 Å². The Morgan fingerprint density at radius 2 is 2.28 bits per heavy atom. The van der Waals surface area contributed by atoms with Crippen molar-refractivity contribution in [2.75, 3.05) is 7.11 Å². The second kappa shape index (κ2) is 5.63. The average molecular weight is 253 g/mol. The zero-order valence-electron chi connectivity index (χ0n) is 9.27. The minimum absolute atomic E-state index is 0.0131. The maximum atomic E-state index is 13.1. The van der Waals surface area contributed by atoms with Crippen LogP contribution in [0.25, 0.3) is 0 Å². The fourth-order valence-corrected chi connectivity index (χ4v) is 1.09. The first kappa shape index (κ1) is 13.4. The zero-order chi connectivity index (χ0) is 13.7.